The fourth-order valence-corrected chi connectivity index (χ4v) is 3.45. The maximum atomic E-state index is 11.2. The summed E-state index contributed by atoms with van der Waals surface area (Å²) in [6, 6.07) is 6.52. The maximum Gasteiger partial charge on any atom is 0.238 e. The molecule has 108 valence electrons. The summed E-state index contributed by atoms with van der Waals surface area (Å²) in [5.41, 5.74) is 1.86. The van der Waals surface area contributed by atoms with Gasteiger partial charge in [0.05, 0.1) is 21.6 Å². The summed E-state index contributed by atoms with van der Waals surface area (Å²) in [5.74, 6) is 0. The van der Waals surface area contributed by atoms with Crippen LogP contribution in [0.2, 0.25) is 0 Å². The fraction of sp³-hybridized carbons (Fsp3) is 0.308. The normalized spacial score (nSPS) is 13.2. The molecule has 0 saturated carbocycles. The molecule has 1 aromatic heterocycles. The molecule has 2 aromatic rings. The summed E-state index contributed by atoms with van der Waals surface area (Å²) >= 11 is 1.66. The number of hydrogen-bond donors (Lipinski definition) is 2. The first-order valence-electron chi connectivity index (χ1n) is 6.10. The molecule has 1 aromatic carbocycles. The van der Waals surface area contributed by atoms with E-state index in [0.29, 0.717) is 0 Å². The fourth-order valence-electron chi connectivity index (χ4n) is 2.01. The van der Waals surface area contributed by atoms with Crippen molar-refractivity contribution in [1.82, 2.24) is 4.98 Å². The van der Waals surface area contributed by atoms with E-state index in [9.17, 15) is 8.42 Å². The molecule has 0 amide bonds. The second kappa shape index (κ2) is 5.51. The van der Waals surface area contributed by atoms with E-state index in [1.807, 2.05) is 20.8 Å². The number of hydrogen-bond acceptors (Lipinski definition) is 5. The summed E-state index contributed by atoms with van der Waals surface area (Å²) < 4.78 is 22.4. The van der Waals surface area contributed by atoms with Crippen LogP contribution < -0.4 is 10.5 Å². The Hall–Kier alpha value is -1.44. The average molecular weight is 311 g/mol. The molecule has 0 bridgehead atoms. The van der Waals surface area contributed by atoms with Crippen LogP contribution in [0.15, 0.2) is 29.2 Å². The lowest BCUT2D eigenvalue weighted by molar-refractivity contribution is 0.598. The van der Waals surface area contributed by atoms with Gasteiger partial charge in [-0.15, -0.1) is 11.3 Å². The summed E-state index contributed by atoms with van der Waals surface area (Å²) in [6.45, 7) is 6.02. The van der Waals surface area contributed by atoms with Gasteiger partial charge >= 0.3 is 0 Å². The molecular weight excluding hydrogens is 294 g/mol. The Morgan fingerprint density at radius 3 is 2.30 bits per heavy atom. The minimum absolute atomic E-state index is 0.112. The lowest BCUT2D eigenvalue weighted by Gasteiger charge is -2.14. The molecule has 0 aliphatic heterocycles. The molecule has 1 atom stereocenters. The second-order valence-corrected chi connectivity index (χ2v) is 7.41. The van der Waals surface area contributed by atoms with E-state index in [1.165, 1.54) is 17.0 Å². The zero-order valence-electron chi connectivity index (χ0n) is 11.5. The quantitative estimate of drug-likeness (QED) is 0.909. The van der Waals surface area contributed by atoms with Gasteiger partial charge in [0.25, 0.3) is 0 Å². The zero-order valence-corrected chi connectivity index (χ0v) is 13.2. The highest BCUT2D eigenvalue weighted by atomic mass is 32.2. The first-order chi connectivity index (χ1) is 9.27. The van der Waals surface area contributed by atoms with Gasteiger partial charge in [-0.3, -0.25) is 0 Å². The molecule has 0 saturated heterocycles. The van der Waals surface area contributed by atoms with Crippen molar-refractivity contribution in [3.05, 3.63) is 39.8 Å². The van der Waals surface area contributed by atoms with Gasteiger partial charge in [-0.05, 0) is 45.0 Å². The van der Waals surface area contributed by atoms with Crippen LogP contribution in [0.5, 0.6) is 0 Å². The van der Waals surface area contributed by atoms with E-state index < -0.39 is 10.0 Å². The third kappa shape index (κ3) is 3.36. The van der Waals surface area contributed by atoms with Crippen LogP contribution in [0.3, 0.4) is 0 Å². The third-order valence-electron chi connectivity index (χ3n) is 2.90. The predicted octanol–water partition coefficient (Wildman–Crippen LogP) is 2.58. The van der Waals surface area contributed by atoms with Gasteiger partial charge < -0.3 is 5.32 Å². The molecule has 1 heterocycles. The molecule has 0 radical (unpaired) electrons. The van der Waals surface area contributed by atoms with E-state index in [2.05, 4.69) is 10.3 Å². The number of benzene rings is 1. The van der Waals surface area contributed by atoms with E-state index in [-0.39, 0.29) is 10.9 Å². The molecule has 0 aliphatic rings. The van der Waals surface area contributed by atoms with Crippen LogP contribution in [0.4, 0.5) is 5.69 Å². The summed E-state index contributed by atoms with van der Waals surface area (Å²) in [5, 5.41) is 9.43. The predicted molar refractivity (Wildman–Crippen MR) is 81.4 cm³/mol. The van der Waals surface area contributed by atoms with Crippen LogP contribution in [0, 0.1) is 13.8 Å². The van der Waals surface area contributed by atoms with Crippen molar-refractivity contribution in [3.63, 3.8) is 0 Å². The summed E-state index contributed by atoms with van der Waals surface area (Å²) in [6.07, 6.45) is 0. The highest BCUT2D eigenvalue weighted by Crippen LogP contribution is 2.27. The number of aryl methyl sites for hydroxylation is 2. The van der Waals surface area contributed by atoms with Crippen LogP contribution in [-0.4, -0.2) is 13.4 Å². The number of thiazole rings is 1. The molecule has 3 N–H and O–H groups in total. The van der Waals surface area contributed by atoms with Crippen LogP contribution >= 0.6 is 11.3 Å². The van der Waals surface area contributed by atoms with Crippen molar-refractivity contribution in [2.75, 3.05) is 5.32 Å². The summed E-state index contributed by atoms with van der Waals surface area (Å²) in [4.78, 5) is 5.69. The SMILES string of the molecule is Cc1nc(C)c(C(C)Nc2ccc(S(N)(=O)=O)cc2)s1. The van der Waals surface area contributed by atoms with Gasteiger partial charge in [0, 0.05) is 10.6 Å². The molecule has 7 heteroatoms. The van der Waals surface area contributed by atoms with Gasteiger partial charge in [0.2, 0.25) is 10.0 Å². The number of rotatable bonds is 4. The molecule has 0 aliphatic carbocycles. The first kappa shape index (κ1) is 15.0. The molecule has 20 heavy (non-hydrogen) atoms. The van der Waals surface area contributed by atoms with Crippen LogP contribution in [0.1, 0.15) is 28.5 Å². The maximum absolute atomic E-state index is 11.2. The zero-order chi connectivity index (χ0) is 14.9. The Kier molecular flexibility index (Phi) is 4.12. The third-order valence-corrected chi connectivity index (χ3v) is 5.08. The molecule has 5 nitrogen and oxygen atoms in total. The Labute approximate surface area is 122 Å². The van der Waals surface area contributed by atoms with Gasteiger partial charge in [0.1, 0.15) is 0 Å². The van der Waals surface area contributed by atoms with Gasteiger partial charge in [0.15, 0.2) is 0 Å². The van der Waals surface area contributed by atoms with Gasteiger partial charge in [-0.1, -0.05) is 0 Å². The first-order valence-corrected chi connectivity index (χ1v) is 8.47. The number of anilines is 1. The van der Waals surface area contributed by atoms with Crippen molar-refractivity contribution in [2.24, 2.45) is 5.14 Å². The Balaban J connectivity index is 2.16. The second-order valence-electron chi connectivity index (χ2n) is 4.62. The van der Waals surface area contributed by atoms with Gasteiger partial charge in [-0.25, -0.2) is 18.5 Å². The number of sulfonamides is 1. The summed E-state index contributed by atoms with van der Waals surface area (Å²) in [7, 11) is -3.64. The minimum Gasteiger partial charge on any atom is -0.378 e. The van der Waals surface area contributed by atoms with Crippen molar-refractivity contribution >= 4 is 27.0 Å². The van der Waals surface area contributed by atoms with Crippen molar-refractivity contribution in [2.45, 2.75) is 31.7 Å². The molecule has 0 fully saturated rings. The van der Waals surface area contributed by atoms with Crippen molar-refractivity contribution < 1.29 is 8.42 Å². The lowest BCUT2D eigenvalue weighted by Crippen LogP contribution is -2.12. The number of nitrogens with zero attached hydrogens (tertiary/aromatic N) is 1. The highest BCUT2D eigenvalue weighted by Gasteiger charge is 2.13. The Morgan fingerprint density at radius 2 is 1.85 bits per heavy atom. The van der Waals surface area contributed by atoms with Crippen molar-refractivity contribution in [1.29, 1.82) is 0 Å². The standard InChI is InChI=1S/C13H17N3O2S2/c1-8-13(19-10(3)15-8)9(2)16-11-4-6-12(7-5-11)20(14,17)18/h4-7,9,16H,1-3H3,(H2,14,17,18). The lowest BCUT2D eigenvalue weighted by atomic mass is 10.2. The largest absolute Gasteiger partial charge is 0.378 e. The Morgan fingerprint density at radius 1 is 1.25 bits per heavy atom. The number of nitrogens with one attached hydrogen (secondary N) is 1. The Bertz CT molecular complexity index is 706. The van der Waals surface area contributed by atoms with Crippen LogP contribution in [0.25, 0.3) is 0 Å². The number of aromatic nitrogens is 1. The monoisotopic (exact) mass is 311 g/mol. The van der Waals surface area contributed by atoms with E-state index in [1.54, 1.807) is 23.5 Å². The topological polar surface area (TPSA) is 85.1 Å². The number of primary sulfonamides is 1. The van der Waals surface area contributed by atoms with Crippen molar-refractivity contribution in [3.8, 4) is 0 Å². The van der Waals surface area contributed by atoms with Gasteiger partial charge in [-0.2, -0.15) is 0 Å². The minimum atomic E-state index is -3.64. The molecule has 2 rings (SSSR count). The van der Waals surface area contributed by atoms with E-state index in [0.717, 1.165) is 16.4 Å². The van der Waals surface area contributed by atoms with E-state index in [4.69, 9.17) is 5.14 Å². The molecular formula is C13H17N3O2S2. The van der Waals surface area contributed by atoms with Crippen LogP contribution in [-0.2, 0) is 10.0 Å². The molecule has 0 spiro atoms. The average Bonchev–Trinajstić information content (AvgIpc) is 2.68. The molecule has 1 unspecified atom stereocenters. The smallest absolute Gasteiger partial charge is 0.238 e. The number of nitrogens with two attached hydrogens (primary N) is 1. The highest BCUT2D eigenvalue weighted by molar-refractivity contribution is 7.89. The van der Waals surface area contributed by atoms with E-state index >= 15 is 0 Å².